The maximum atomic E-state index is 13.2. The maximum absolute atomic E-state index is 13.2. The number of amides is 3. The van der Waals surface area contributed by atoms with Gasteiger partial charge in [-0.3, -0.25) is 4.79 Å². The van der Waals surface area contributed by atoms with Crippen molar-refractivity contribution in [3.8, 4) is 40.5 Å². The van der Waals surface area contributed by atoms with Crippen LogP contribution in [0.4, 0.5) is 15.4 Å². The predicted octanol–water partition coefficient (Wildman–Crippen LogP) is 7.89. The first-order chi connectivity index (χ1) is 30.3. The summed E-state index contributed by atoms with van der Waals surface area (Å²) in [6, 6.07) is 15.9. The summed E-state index contributed by atoms with van der Waals surface area (Å²) >= 11 is 7.22. The molecule has 0 spiro atoms. The molecule has 339 valence electrons. The summed E-state index contributed by atoms with van der Waals surface area (Å²) in [5.74, 6) is -0.190. The van der Waals surface area contributed by atoms with E-state index < -0.39 is 47.3 Å². The van der Waals surface area contributed by atoms with Crippen molar-refractivity contribution in [3.63, 3.8) is 0 Å². The highest BCUT2D eigenvalue weighted by Gasteiger charge is 2.27. The van der Waals surface area contributed by atoms with Crippen molar-refractivity contribution >= 4 is 53.2 Å². The van der Waals surface area contributed by atoms with Gasteiger partial charge in [0.15, 0.2) is 0 Å². The second-order valence-corrected chi connectivity index (χ2v) is 17.6. The minimum atomic E-state index is -1.06. The zero-order chi connectivity index (χ0) is 47.0. The van der Waals surface area contributed by atoms with Crippen molar-refractivity contribution in [3.05, 3.63) is 83.1 Å². The number of ether oxygens (including phenoxy) is 4. The van der Waals surface area contributed by atoms with Crippen LogP contribution in [0.5, 0.6) is 5.75 Å². The number of nitriles is 2. The molecule has 0 aliphatic carbocycles. The molecule has 3 amide bonds. The molecule has 4 aromatic rings. The van der Waals surface area contributed by atoms with Crippen LogP contribution in [-0.4, -0.2) is 77.1 Å². The summed E-state index contributed by atoms with van der Waals surface area (Å²) in [5.41, 5.74) is 7.22. The van der Waals surface area contributed by atoms with Crippen LogP contribution in [0.1, 0.15) is 84.5 Å². The van der Waals surface area contributed by atoms with E-state index in [4.69, 9.17) is 40.7 Å². The van der Waals surface area contributed by atoms with E-state index in [1.54, 1.807) is 96.5 Å². The van der Waals surface area contributed by atoms with E-state index in [0.29, 0.717) is 63.6 Å². The predicted molar refractivity (Wildman–Crippen MR) is 240 cm³/mol. The molecule has 5 N–H and O–H groups in total. The Morgan fingerprint density at radius 1 is 0.875 bits per heavy atom. The topological polar surface area (TPSA) is 254 Å². The van der Waals surface area contributed by atoms with Crippen molar-refractivity contribution in [2.24, 2.45) is 0 Å². The van der Waals surface area contributed by atoms with E-state index in [2.05, 4.69) is 38.1 Å². The second kappa shape index (κ2) is 23.3. The molecule has 2 atom stereocenters. The number of unbranched alkanes of at least 4 members (excludes halogenated alkanes) is 1. The van der Waals surface area contributed by atoms with E-state index >= 15 is 0 Å². The van der Waals surface area contributed by atoms with Gasteiger partial charge in [-0.05, 0) is 110 Å². The minimum Gasteiger partial charge on any atom is -0.493 e. The first-order valence-electron chi connectivity index (χ1n) is 20.2. The Hall–Kier alpha value is -6.50. The fourth-order valence-corrected chi connectivity index (χ4v) is 6.69. The number of rotatable bonds is 19. The number of carbonyl (C=O) groups excluding carboxylic acids is 4. The fraction of sp³-hybridized carbons (Fsp3) is 0.400. The number of hydrogen-bond donors (Lipinski definition) is 4. The van der Waals surface area contributed by atoms with E-state index in [1.807, 2.05) is 0 Å². The highest BCUT2D eigenvalue weighted by molar-refractivity contribution is 7.98. The van der Waals surface area contributed by atoms with Gasteiger partial charge < -0.3 is 45.0 Å². The third-order valence-corrected chi connectivity index (χ3v) is 9.84. The third-order valence-electron chi connectivity index (χ3n) is 8.58. The van der Waals surface area contributed by atoms with Crippen LogP contribution in [0.3, 0.4) is 0 Å². The Morgan fingerprint density at radius 3 is 2.16 bits per heavy atom. The molecule has 0 unspecified atom stereocenters. The number of hydrogen-bond acceptors (Lipinski definition) is 15. The average molecular weight is 916 g/mol. The van der Waals surface area contributed by atoms with Gasteiger partial charge >= 0.3 is 18.2 Å². The van der Waals surface area contributed by atoms with Crippen molar-refractivity contribution in [2.45, 2.75) is 102 Å². The number of alkyl carbamates (subject to hydrolysis) is 2. The molecule has 17 nitrogen and oxygen atoms in total. The summed E-state index contributed by atoms with van der Waals surface area (Å²) in [4.78, 5) is 59.4. The number of nitrogens with two attached hydrogens (primary N) is 1. The quantitative estimate of drug-likeness (QED) is 0.0302. The number of carbonyl (C=O) groups is 4. The van der Waals surface area contributed by atoms with Crippen LogP contribution in [0.25, 0.3) is 22.6 Å². The molecule has 0 saturated carbocycles. The highest BCUT2D eigenvalue weighted by atomic mass is 35.5. The molecule has 0 bridgehead atoms. The van der Waals surface area contributed by atoms with E-state index in [0.717, 1.165) is 5.56 Å². The second-order valence-electron chi connectivity index (χ2n) is 16.2. The molecule has 0 fully saturated rings. The summed E-state index contributed by atoms with van der Waals surface area (Å²) in [6.07, 6.45) is 2.86. The molecule has 1 radical (unpaired) electrons. The number of esters is 1. The average Bonchev–Trinajstić information content (AvgIpc) is 3.70. The van der Waals surface area contributed by atoms with E-state index in [1.165, 1.54) is 24.9 Å². The molecule has 0 aliphatic rings. The molecular formula is C45H52ClN8O9S. The summed E-state index contributed by atoms with van der Waals surface area (Å²) in [6.45, 7) is 12.0. The number of nitrogen functional groups attached to an aromatic ring is 1. The Balaban J connectivity index is 1.27. The molecule has 2 aromatic carbocycles. The zero-order valence-corrected chi connectivity index (χ0v) is 38.3. The smallest absolute Gasteiger partial charge is 0.408 e. The normalized spacial score (nSPS) is 12.2. The Labute approximate surface area is 381 Å². The lowest BCUT2D eigenvalue weighted by Gasteiger charge is -2.24. The number of benzene rings is 2. The third kappa shape index (κ3) is 16.0. The van der Waals surface area contributed by atoms with Gasteiger partial charge in [0.05, 0.1) is 24.5 Å². The standard InChI is InChI=1S/C45H52ClN8O9S/c1-27(51-38(55)35(53-43(58)63-45(5,6)7)11-8-9-20-50-42(57)62-44(2,3)4)41(56)60-22-10-21-59-32-18-14-28(15-19-32)36-33(23-47)37(49)54-40(34(36)24-48)64-26-31-25-61-39(52-31)29-12-16-30(46)17-13-29/h10,12-19,25,27,35H,8-9,11,20-22,26H2,1-7H3,(H2,49,54)(H,50,57)(H,51,55)(H,53,58)/t27-,35-/m0/s1. The molecule has 4 rings (SSSR count). The number of oxazole rings is 1. The van der Waals surface area contributed by atoms with Gasteiger partial charge in [-0.15, -0.1) is 0 Å². The van der Waals surface area contributed by atoms with Crippen LogP contribution < -0.4 is 26.4 Å². The number of aromatic nitrogens is 2. The Bertz CT molecular complexity index is 2330. The molecule has 0 aliphatic heterocycles. The fourth-order valence-electron chi connectivity index (χ4n) is 5.69. The molecule has 0 saturated heterocycles. The molecule has 2 aromatic heterocycles. The van der Waals surface area contributed by atoms with Gasteiger partial charge in [0.2, 0.25) is 11.8 Å². The van der Waals surface area contributed by atoms with Crippen molar-refractivity contribution in [2.75, 3.05) is 25.5 Å². The number of nitrogens with one attached hydrogen (secondary N) is 3. The van der Waals surface area contributed by atoms with Crippen LogP contribution in [0.2, 0.25) is 5.02 Å². The monoisotopic (exact) mass is 915 g/mol. The van der Waals surface area contributed by atoms with Gasteiger partial charge in [-0.2, -0.15) is 10.5 Å². The summed E-state index contributed by atoms with van der Waals surface area (Å²) < 4.78 is 27.3. The van der Waals surface area contributed by atoms with E-state index in [-0.39, 0.29) is 36.6 Å². The van der Waals surface area contributed by atoms with Gasteiger partial charge in [0.25, 0.3) is 0 Å². The van der Waals surface area contributed by atoms with Gasteiger partial charge in [0, 0.05) is 34.9 Å². The number of nitrogens with zero attached hydrogens (tertiary/aromatic N) is 4. The number of halogens is 1. The maximum Gasteiger partial charge on any atom is 0.408 e. The minimum absolute atomic E-state index is 0.0295. The Morgan fingerprint density at radius 2 is 1.52 bits per heavy atom. The number of anilines is 1. The molecule has 19 heteroatoms. The Kier molecular flexibility index (Phi) is 18.2. The molecule has 64 heavy (non-hydrogen) atoms. The zero-order valence-electron chi connectivity index (χ0n) is 36.7. The lowest BCUT2D eigenvalue weighted by atomic mass is 9.97. The van der Waals surface area contributed by atoms with Crippen LogP contribution in [-0.2, 0) is 29.6 Å². The first-order valence-corrected chi connectivity index (χ1v) is 21.6. The van der Waals surface area contributed by atoms with Crippen LogP contribution in [0, 0.1) is 29.1 Å². The van der Waals surface area contributed by atoms with Crippen molar-refractivity contribution in [1.82, 2.24) is 25.9 Å². The van der Waals surface area contributed by atoms with Crippen LogP contribution >= 0.6 is 23.4 Å². The van der Waals surface area contributed by atoms with Gasteiger partial charge in [-0.1, -0.05) is 35.5 Å². The molecule has 2 heterocycles. The van der Waals surface area contributed by atoms with Gasteiger partial charge in [-0.25, -0.2) is 24.4 Å². The van der Waals surface area contributed by atoms with Crippen LogP contribution in [0.15, 0.2) is 64.2 Å². The largest absolute Gasteiger partial charge is 0.493 e. The lowest BCUT2D eigenvalue weighted by Crippen LogP contribution is -2.51. The van der Waals surface area contributed by atoms with Crippen molar-refractivity contribution < 1.29 is 42.5 Å². The van der Waals surface area contributed by atoms with Gasteiger partial charge in [0.1, 0.15) is 63.8 Å². The molecular weight excluding hydrogens is 864 g/mol. The van der Waals surface area contributed by atoms with E-state index in [9.17, 15) is 29.7 Å². The summed E-state index contributed by atoms with van der Waals surface area (Å²) in [5, 5.41) is 28.9. The number of pyridine rings is 1. The summed E-state index contributed by atoms with van der Waals surface area (Å²) in [7, 11) is 0. The first kappa shape index (κ1) is 50.1. The number of thioether (sulfide) groups is 1. The lowest BCUT2D eigenvalue weighted by molar-refractivity contribution is -0.146. The van der Waals surface area contributed by atoms with Crippen molar-refractivity contribution in [1.29, 1.82) is 10.5 Å². The highest BCUT2D eigenvalue weighted by Crippen LogP contribution is 2.37. The SMILES string of the molecule is C[C@H](NC(=O)[C@H](CCCCNC(=O)OC(C)(C)C)NC(=O)OC(C)(C)C)C(=O)OC[CH]COc1ccc(-c2c(C#N)c(N)nc(SCc3coc(-c4ccc(Cl)cc4)n3)c2C#N)cc1.